The van der Waals surface area contributed by atoms with Gasteiger partial charge in [0, 0.05) is 11.8 Å². The SMILES string of the molecule is CC1(C)CCC[C@]2(C=O)CC3(C=C[C@@H]12)OCCO3. The van der Waals surface area contributed by atoms with Crippen molar-refractivity contribution >= 4 is 6.29 Å². The average Bonchev–Trinajstić information content (AvgIpc) is 2.76. The Hall–Kier alpha value is -0.670. The second kappa shape index (κ2) is 3.91. The smallest absolute Gasteiger partial charge is 0.188 e. The molecule has 0 bridgehead atoms. The molecule has 1 aliphatic heterocycles. The van der Waals surface area contributed by atoms with Gasteiger partial charge in [-0.1, -0.05) is 26.3 Å². The summed E-state index contributed by atoms with van der Waals surface area (Å²) in [5.74, 6) is -0.306. The van der Waals surface area contributed by atoms with Crippen molar-refractivity contribution in [1.29, 1.82) is 0 Å². The van der Waals surface area contributed by atoms with Crippen molar-refractivity contribution in [3.63, 3.8) is 0 Å². The molecule has 0 N–H and O–H groups in total. The van der Waals surface area contributed by atoms with Gasteiger partial charge in [0.2, 0.25) is 0 Å². The molecule has 0 radical (unpaired) electrons. The summed E-state index contributed by atoms with van der Waals surface area (Å²) in [6.45, 7) is 5.81. The summed E-state index contributed by atoms with van der Waals surface area (Å²) in [4.78, 5) is 11.8. The molecule has 18 heavy (non-hydrogen) atoms. The third-order valence-corrected chi connectivity index (χ3v) is 5.05. The lowest BCUT2D eigenvalue weighted by Gasteiger charge is -2.53. The molecule has 3 aliphatic rings. The molecule has 2 aliphatic carbocycles. The van der Waals surface area contributed by atoms with Gasteiger partial charge in [-0.25, -0.2) is 0 Å². The summed E-state index contributed by atoms with van der Waals surface area (Å²) in [7, 11) is 0. The van der Waals surface area contributed by atoms with Crippen LogP contribution >= 0.6 is 0 Å². The van der Waals surface area contributed by atoms with Crippen LogP contribution in [0.2, 0.25) is 0 Å². The molecule has 1 saturated heterocycles. The van der Waals surface area contributed by atoms with E-state index in [1.807, 2.05) is 0 Å². The number of carbonyl (C=O) groups excluding carboxylic acids is 1. The molecule has 0 unspecified atom stereocenters. The molecule has 3 rings (SSSR count). The van der Waals surface area contributed by atoms with Gasteiger partial charge in [0.25, 0.3) is 0 Å². The van der Waals surface area contributed by atoms with Crippen LogP contribution in [0.3, 0.4) is 0 Å². The Bertz CT molecular complexity index is 379. The Kier molecular flexibility index (Phi) is 2.69. The highest BCUT2D eigenvalue weighted by Gasteiger charge is 2.55. The second-order valence-corrected chi connectivity index (χ2v) is 6.72. The van der Waals surface area contributed by atoms with Crippen LogP contribution < -0.4 is 0 Å². The fraction of sp³-hybridized carbons (Fsp3) is 0.800. The molecular formula is C15H22O3. The van der Waals surface area contributed by atoms with Crippen LogP contribution in [0, 0.1) is 16.7 Å². The minimum absolute atomic E-state index is 0.190. The minimum atomic E-state index is -0.620. The van der Waals surface area contributed by atoms with E-state index in [1.54, 1.807) is 0 Å². The van der Waals surface area contributed by atoms with Crippen molar-refractivity contribution in [2.45, 2.75) is 45.3 Å². The van der Waals surface area contributed by atoms with Gasteiger partial charge in [-0.05, 0) is 30.3 Å². The van der Waals surface area contributed by atoms with Crippen LogP contribution in [0.15, 0.2) is 12.2 Å². The molecule has 2 fully saturated rings. The van der Waals surface area contributed by atoms with Crippen molar-refractivity contribution in [3.8, 4) is 0 Å². The summed E-state index contributed by atoms with van der Waals surface area (Å²) in [5, 5.41) is 0. The maximum atomic E-state index is 11.8. The fourth-order valence-electron chi connectivity index (χ4n) is 4.22. The van der Waals surface area contributed by atoms with E-state index in [4.69, 9.17) is 9.47 Å². The first-order chi connectivity index (χ1) is 8.52. The zero-order valence-electron chi connectivity index (χ0n) is 11.3. The molecular weight excluding hydrogens is 228 g/mol. The Morgan fingerprint density at radius 2 is 1.94 bits per heavy atom. The molecule has 0 aromatic heterocycles. The summed E-state index contributed by atoms with van der Waals surface area (Å²) >= 11 is 0. The van der Waals surface area contributed by atoms with E-state index >= 15 is 0 Å². The first kappa shape index (κ1) is 12.4. The van der Waals surface area contributed by atoms with Gasteiger partial charge in [-0.2, -0.15) is 0 Å². The normalized spacial score (nSPS) is 40.7. The van der Waals surface area contributed by atoms with E-state index in [2.05, 4.69) is 26.0 Å². The maximum Gasteiger partial charge on any atom is 0.188 e. The quantitative estimate of drug-likeness (QED) is 0.530. The lowest BCUT2D eigenvalue weighted by molar-refractivity contribution is -0.172. The van der Waals surface area contributed by atoms with Gasteiger partial charge in [0.1, 0.15) is 6.29 Å². The predicted molar refractivity (Wildman–Crippen MR) is 68.0 cm³/mol. The van der Waals surface area contributed by atoms with Gasteiger partial charge in [0.05, 0.1) is 13.2 Å². The van der Waals surface area contributed by atoms with Crippen molar-refractivity contribution in [1.82, 2.24) is 0 Å². The van der Waals surface area contributed by atoms with E-state index in [9.17, 15) is 4.79 Å². The number of carbonyl (C=O) groups is 1. The Balaban J connectivity index is 2.00. The summed E-state index contributed by atoms with van der Waals surface area (Å²) in [6, 6.07) is 0. The van der Waals surface area contributed by atoms with Gasteiger partial charge in [-0.15, -0.1) is 0 Å². The van der Waals surface area contributed by atoms with Gasteiger partial charge < -0.3 is 14.3 Å². The third-order valence-electron chi connectivity index (χ3n) is 5.05. The summed E-state index contributed by atoms with van der Waals surface area (Å²) in [5.41, 5.74) is -0.100. The number of ether oxygens (including phenoxy) is 2. The van der Waals surface area contributed by atoms with Crippen LogP contribution in [0.4, 0.5) is 0 Å². The van der Waals surface area contributed by atoms with E-state index in [0.717, 1.165) is 12.8 Å². The van der Waals surface area contributed by atoms with Crippen molar-refractivity contribution < 1.29 is 14.3 Å². The van der Waals surface area contributed by atoms with Gasteiger partial charge >= 0.3 is 0 Å². The molecule has 0 aromatic rings. The van der Waals surface area contributed by atoms with E-state index in [1.165, 1.54) is 12.7 Å². The number of aldehydes is 1. The fourth-order valence-corrected chi connectivity index (χ4v) is 4.22. The molecule has 100 valence electrons. The highest BCUT2D eigenvalue weighted by atomic mass is 16.7. The lowest BCUT2D eigenvalue weighted by atomic mass is 9.52. The standard InChI is InChI=1S/C15H22O3/c1-13(2)5-3-6-14(11-16)10-15(7-4-12(13)14)17-8-9-18-15/h4,7,11-12H,3,5-6,8-10H2,1-2H3/t12-,14+/m0/s1. The molecule has 0 amide bonds. The summed E-state index contributed by atoms with van der Waals surface area (Å²) < 4.78 is 11.5. The third kappa shape index (κ3) is 1.68. The molecule has 1 saturated carbocycles. The number of fused-ring (bicyclic) bond motifs is 1. The van der Waals surface area contributed by atoms with Crippen LogP contribution in [-0.4, -0.2) is 25.3 Å². The molecule has 1 spiro atoms. The summed E-state index contributed by atoms with van der Waals surface area (Å²) in [6.07, 6.45) is 9.37. The predicted octanol–water partition coefficient (Wildman–Crippen LogP) is 2.70. The highest BCUT2D eigenvalue weighted by molar-refractivity contribution is 5.62. The van der Waals surface area contributed by atoms with Gasteiger partial charge in [-0.3, -0.25) is 0 Å². The molecule has 3 nitrogen and oxygen atoms in total. The molecule has 1 heterocycles. The first-order valence-corrected chi connectivity index (χ1v) is 6.96. The van der Waals surface area contributed by atoms with Crippen molar-refractivity contribution in [3.05, 3.63) is 12.2 Å². The minimum Gasteiger partial charge on any atom is -0.344 e. The van der Waals surface area contributed by atoms with E-state index in [0.29, 0.717) is 25.6 Å². The van der Waals surface area contributed by atoms with Gasteiger partial charge in [0.15, 0.2) is 5.79 Å². The highest BCUT2D eigenvalue weighted by Crippen LogP contribution is 2.57. The Morgan fingerprint density at radius 3 is 2.61 bits per heavy atom. The van der Waals surface area contributed by atoms with Crippen molar-refractivity contribution in [2.75, 3.05) is 13.2 Å². The molecule has 0 aromatic carbocycles. The van der Waals surface area contributed by atoms with Crippen LogP contribution in [0.25, 0.3) is 0 Å². The number of rotatable bonds is 1. The van der Waals surface area contributed by atoms with Crippen LogP contribution in [0.5, 0.6) is 0 Å². The number of hydrogen-bond acceptors (Lipinski definition) is 3. The molecule has 3 heteroatoms. The van der Waals surface area contributed by atoms with Crippen LogP contribution in [0.1, 0.15) is 39.5 Å². The number of allylic oxidation sites excluding steroid dienone is 1. The van der Waals surface area contributed by atoms with Crippen molar-refractivity contribution in [2.24, 2.45) is 16.7 Å². The second-order valence-electron chi connectivity index (χ2n) is 6.72. The topological polar surface area (TPSA) is 35.5 Å². The first-order valence-electron chi connectivity index (χ1n) is 6.96. The maximum absolute atomic E-state index is 11.8. The monoisotopic (exact) mass is 250 g/mol. The Labute approximate surface area is 109 Å². The van der Waals surface area contributed by atoms with E-state index in [-0.39, 0.29) is 10.8 Å². The lowest BCUT2D eigenvalue weighted by Crippen LogP contribution is -2.51. The number of hydrogen-bond donors (Lipinski definition) is 0. The zero-order valence-corrected chi connectivity index (χ0v) is 11.3. The molecule has 2 atom stereocenters. The Morgan fingerprint density at radius 1 is 1.22 bits per heavy atom. The zero-order chi connectivity index (χ0) is 12.9. The van der Waals surface area contributed by atoms with Crippen LogP contribution in [-0.2, 0) is 14.3 Å². The van der Waals surface area contributed by atoms with E-state index < -0.39 is 5.79 Å². The average molecular weight is 250 g/mol. The largest absolute Gasteiger partial charge is 0.344 e.